The summed E-state index contributed by atoms with van der Waals surface area (Å²) in [7, 11) is 1.83. The van der Waals surface area contributed by atoms with Crippen molar-refractivity contribution in [3.8, 4) is 0 Å². The van der Waals surface area contributed by atoms with E-state index in [9.17, 15) is 0 Å². The molecule has 1 heterocycles. The minimum atomic E-state index is 0.468. The molecular weight excluding hydrogens is 247 g/mol. The van der Waals surface area contributed by atoms with Gasteiger partial charge < -0.3 is 11.1 Å². The van der Waals surface area contributed by atoms with Gasteiger partial charge in [-0.2, -0.15) is 5.10 Å². The molecule has 3 N–H and O–H groups in total. The van der Waals surface area contributed by atoms with Crippen LogP contribution in [0.5, 0.6) is 0 Å². The van der Waals surface area contributed by atoms with Crippen LogP contribution in [0.3, 0.4) is 0 Å². The van der Waals surface area contributed by atoms with Crippen LogP contribution in [0.25, 0.3) is 0 Å². The maximum atomic E-state index is 6.03. The molecule has 2 rings (SSSR count). The van der Waals surface area contributed by atoms with Crippen molar-refractivity contribution in [2.45, 2.75) is 0 Å². The largest absolute Gasteiger partial charge is 0.399 e. The van der Waals surface area contributed by atoms with Crippen LogP contribution in [-0.2, 0) is 7.05 Å². The molecule has 0 saturated carbocycles. The number of rotatable bonds is 2. The molecule has 16 heavy (non-hydrogen) atoms. The molecule has 1 aromatic carbocycles. The molecule has 0 aliphatic rings. The summed E-state index contributed by atoms with van der Waals surface area (Å²) in [5.41, 5.74) is 6.75. The number of benzene rings is 1. The van der Waals surface area contributed by atoms with Gasteiger partial charge in [-0.05, 0) is 12.1 Å². The van der Waals surface area contributed by atoms with E-state index in [1.54, 1.807) is 16.8 Å². The molecule has 0 unspecified atom stereocenters. The van der Waals surface area contributed by atoms with Crippen LogP contribution >= 0.6 is 23.2 Å². The Morgan fingerprint density at radius 1 is 1.31 bits per heavy atom. The number of hydrogen-bond donors (Lipinski definition) is 2. The highest BCUT2D eigenvalue weighted by molar-refractivity contribution is 6.39. The fourth-order valence-electron chi connectivity index (χ4n) is 1.32. The van der Waals surface area contributed by atoms with Gasteiger partial charge in [0.1, 0.15) is 0 Å². The summed E-state index contributed by atoms with van der Waals surface area (Å²) in [5, 5.41) is 8.14. The molecular formula is C10H10Cl2N4. The van der Waals surface area contributed by atoms with E-state index in [4.69, 9.17) is 28.9 Å². The Labute approximate surface area is 103 Å². The SMILES string of the molecule is Cn1ccc(Nc2c(Cl)cc(N)cc2Cl)n1. The molecule has 6 heteroatoms. The Balaban J connectivity index is 2.34. The lowest BCUT2D eigenvalue weighted by atomic mass is 10.3. The molecule has 0 radical (unpaired) electrons. The van der Waals surface area contributed by atoms with Gasteiger partial charge in [-0.25, -0.2) is 0 Å². The van der Waals surface area contributed by atoms with Crippen molar-refractivity contribution in [2.24, 2.45) is 7.05 Å². The molecule has 84 valence electrons. The minimum absolute atomic E-state index is 0.468. The summed E-state index contributed by atoms with van der Waals surface area (Å²) < 4.78 is 1.68. The lowest BCUT2D eigenvalue weighted by Gasteiger charge is -2.08. The second kappa shape index (κ2) is 4.23. The first-order valence-electron chi connectivity index (χ1n) is 4.57. The standard InChI is InChI=1S/C10H10Cl2N4/c1-16-3-2-9(15-16)14-10-7(11)4-6(13)5-8(10)12/h2-5H,13H2,1H3,(H,14,15). The minimum Gasteiger partial charge on any atom is -0.399 e. The summed E-state index contributed by atoms with van der Waals surface area (Å²) in [5.74, 6) is 0.677. The van der Waals surface area contributed by atoms with Crippen molar-refractivity contribution in [3.63, 3.8) is 0 Å². The number of aromatic nitrogens is 2. The quantitative estimate of drug-likeness (QED) is 0.813. The summed E-state index contributed by atoms with van der Waals surface area (Å²) in [4.78, 5) is 0. The average Bonchev–Trinajstić information content (AvgIpc) is 2.58. The zero-order chi connectivity index (χ0) is 11.7. The Kier molecular flexibility index (Phi) is 2.94. The first kappa shape index (κ1) is 11.1. The van der Waals surface area contributed by atoms with Crippen LogP contribution in [0, 0.1) is 0 Å². The molecule has 0 bridgehead atoms. The fraction of sp³-hybridized carbons (Fsp3) is 0.100. The van der Waals surface area contributed by atoms with Crippen molar-refractivity contribution in [1.82, 2.24) is 9.78 Å². The maximum Gasteiger partial charge on any atom is 0.152 e. The van der Waals surface area contributed by atoms with Crippen LogP contribution in [0.4, 0.5) is 17.2 Å². The second-order valence-corrected chi connectivity index (χ2v) is 4.17. The van der Waals surface area contributed by atoms with Crippen LogP contribution in [0.1, 0.15) is 0 Å². The third-order valence-electron chi connectivity index (χ3n) is 2.03. The number of nitrogens with zero attached hydrogens (tertiary/aromatic N) is 2. The third-order valence-corrected chi connectivity index (χ3v) is 2.63. The van der Waals surface area contributed by atoms with Gasteiger partial charge in [-0.3, -0.25) is 4.68 Å². The molecule has 0 atom stereocenters. The van der Waals surface area contributed by atoms with Crippen molar-refractivity contribution in [2.75, 3.05) is 11.1 Å². The summed E-state index contributed by atoms with van der Waals surface area (Å²) >= 11 is 12.1. The second-order valence-electron chi connectivity index (χ2n) is 3.36. The topological polar surface area (TPSA) is 55.9 Å². The molecule has 0 saturated heterocycles. The highest BCUT2D eigenvalue weighted by atomic mass is 35.5. The van der Waals surface area contributed by atoms with E-state index in [0.717, 1.165) is 0 Å². The van der Waals surface area contributed by atoms with Crippen molar-refractivity contribution >= 4 is 40.4 Å². The lowest BCUT2D eigenvalue weighted by Crippen LogP contribution is -1.96. The molecule has 0 spiro atoms. The lowest BCUT2D eigenvalue weighted by molar-refractivity contribution is 0.771. The Bertz CT molecular complexity index is 498. The van der Waals surface area contributed by atoms with Gasteiger partial charge in [0.25, 0.3) is 0 Å². The highest BCUT2D eigenvalue weighted by Crippen LogP contribution is 2.34. The highest BCUT2D eigenvalue weighted by Gasteiger charge is 2.08. The molecule has 0 fully saturated rings. The van der Waals surface area contributed by atoms with Crippen LogP contribution in [0.15, 0.2) is 24.4 Å². The van der Waals surface area contributed by atoms with Crippen LogP contribution in [0.2, 0.25) is 10.0 Å². The number of halogens is 2. The zero-order valence-corrected chi connectivity index (χ0v) is 10.0. The first-order chi connectivity index (χ1) is 7.56. The smallest absolute Gasteiger partial charge is 0.152 e. The number of nitrogens with two attached hydrogens (primary N) is 1. The number of nitrogens with one attached hydrogen (secondary N) is 1. The Morgan fingerprint density at radius 3 is 2.44 bits per heavy atom. The number of hydrogen-bond acceptors (Lipinski definition) is 3. The van der Waals surface area contributed by atoms with E-state index in [0.29, 0.717) is 27.2 Å². The fourth-order valence-corrected chi connectivity index (χ4v) is 1.92. The molecule has 0 aliphatic carbocycles. The van der Waals surface area contributed by atoms with E-state index in [-0.39, 0.29) is 0 Å². The van der Waals surface area contributed by atoms with Crippen molar-refractivity contribution in [3.05, 3.63) is 34.4 Å². The van der Waals surface area contributed by atoms with Crippen LogP contribution in [-0.4, -0.2) is 9.78 Å². The van der Waals surface area contributed by atoms with Gasteiger partial charge in [0, 0.05) is 25.0 Å². The molecule has 2 aromatic rings. The van der Waals surface area contributed by atoms with E-state index < -0.39 is 0 Å². The van der Waals surface area contributed by atoms with E-state index in [1.165, 1.54) is 0 Å². The number of nitrogen functional groups attached to an aromatic ring is 1. The normalized spacial score (nSPS) is 10.4. The Hall–Kier alpha value is -1.39. The third kappa shape index (κ3) is 2.23. The summed E-state index contributed by atoms with van der Waals surface area (Å²) in [6, 6.07) is 5.10. The number of anilines is 3. The molecule has 0 amide bonds. The van der Waals surface area contributed by atoms with Gasteiger partial charge in [-0.15, -0.1) is 0 Å². The van der Waals surface area contributed by atoms with Crippen LogP contribution < -0.4 is 11.1 Å². The average molecular weight is 257 g/mol. The van der Waals surface area contributed by atoms with Gasteiger partial charge in [-0.1, -0.05) is 23.2 Å². The maximum absolute atomic E-state index is 6.03. The number of aryl methyl sites for hydroxylation is 1. The molecule has 1 aromatic heterocycles. The van der Waals surface area contributed by atoms with Crippen molar-refractivity contribution in [1.29, 1.82) is 0 Å². The zero-order valence-electron chi connectivity index (χ0n) is 8.54. The van der Waals surface area contributed by atoms with Gasteiger partial charge in [0.2, 0.25) is 0 Å². The van der Waals surface area contributed by atoms with Gasteiger partial charge in [0.05, 0.1) is 15.7 Å². The van der Waals surface area contributed by atoms with Gasteiger partial charge >= 0.3 is 0 Å². The monoisotopic (exact) mass is 256 g/mol. The summed E-state index contributed by atoms with van der Waals surface area (Å²) in [6.07, 6.45) is 1.82. The van der Waals surface area contributed by atoms with Gasteiger partial charge in [0.15, 0.2) is 5.82 Å². The predicted octanol–water partition coefficient (Wildman–Crippen LogP) is 3.05. The van der Waals surface area contributed by atoms with E-state index >= 15 is 0 Å². The van der Waals surface area contributed by atoms with E-state index in [2.05, 4.69) is 10.4 Å². The summed E-state index contributed by atoms with van der Waals surface area (Å²) in [6.45, 7) is 0. The predicted molar refractivity (Wildman–Crippen MR) is 67.4 cm³/mol. The first-order valence-corrected chi connectivity index (χ1v) is 5.33. The van der Waals surface area contributed by atoms with E-state index in [1.807, 2.05) is 19.3 Å². The molecule has 0 aliphatic heterocycles. The Morgan fingerprint density at radius 2 is 1.94 bits per heavy atom. The molecule has 4 nitrogen and oxygen atoms in total. The van der Waals surface area contributed by atoms with Crippen molar-refractivity contribution < 1.29 is 0 Å².